The van der Waals surface area contributed by atoms with Gasteiger partial charge in [-0.25, -0.2) is 4.98 Å². The van der Waals surface area contributed by atoms with Crippen LogP contribution in [-0.4, -0.2) is 70.9 Å². The molecular formula is C15H18N4O3. The standard InChI is InChI=1S/C15H18N4O3/c1-22-9-8-17-6-7-19(11-14(17)20)15(21)12-10-18-5-3-2-4-13(18)16-12/h2-5,10H,6-9,11H2,1H3. The summed E-state index contributed by atoms with van der Waals surface area (Å²) < 4.78 is 6.78. The number of hydrogen-bond acceptors (Lipinski definition) is 4. The maximum atomic E-state index is 12.5. The molecule has 0 bridgehead atoms. The first-order valence-electron chi connectivity index (χ1n) is 7.19. The van der Waals surface area contributed by atoms with E-state index in [1.807, 2.05) is 24.4 Å². The van der Waals surface area contributed by atoms with E-state index in [-0.39, 0.29) is 18.4 Å². The molecule has 0 aromatic carbocycles. The van der Waals surface area contributed by atoms with Gasteiger partial charge in [0.15, 0.2) is 0 Å². The van der Waals surface area contributed by atoms with Crippen LogP contribution in [0, 0.1) is 0 Å². The maximum Gasteiger partial charge on any atom is 0.274 e. The molecule has 22 heavy (non-hydrogen) atoms. The number of carbonyl (C=O) groups is 2. The first kappa shape index (κ1) is 14.5. The molecule has 0 N–H and O–H groups in total. The Morgan fingerprint density at radius 3 is 2.95 bits per heavy atom. The number of rotatable bonds is 4. The highest BCUT2D eigenvalue weighted by atomic mass is 16.5. The number of ether oxygens (including phenoxy) is 1. The Morgan fingerprint density at radius 2 is 2.23 bits per heavy atom. The summed E-state index contributed by atoms with van der Waals surface area (Å²) in [6, 6.07) is 5.58. The molecule has 0 spiro atoms. The van der Waals surface area contributed by atoms with Crippen molar-refractivity contribution in [2.24, 2.45) is 0 Å². The third kappa shape index (κ3) is 2.80. The van der Waals surface area contributed by atoms with E-state index >= 15 is 0 Å². The van der Waals surface area contributed by atoms with Crippen molar-refractivity contribution in [1.29, 1.82) is 0 Å². The van der Waals surface area contributed by atoms with Crippen LogP contribution in [0.1, 0.15) is 10.5 Å². The minimum atomic E-state index is -0.205. The molecule has 2 aromatic rings. The number of methoxy groups -OCH3 is 1. The number of aromatic nitrogens is 2. The van der Waals surface area contributed by atoms with E-state index in [0.29, 0.717) is 31.9 Å². The fourth-order valence-electron chi connectivity index (χ4n) is 2.52. The van der Waals surface area contributed by atoms with Crippen LogP contribution < -0.4 is 0 Å². The second-order valence-corrected chi connectivity index (χ2v) is 5.19. The first-order valence-corrected chi connectivity index (χ1v) is 7.19. The smallest absolute Gasteiger partial charge is 0.274 e. The number of nitrogens with zero attached hydrogens (tertiary/aromatic N) is 4. The number of hydrogen-bond donors (Lipinski definition) is 0. The third-order valence-electron chi connectivity index (χ3n) is 3.75. The first-order chi connectivity index (χ1) is 10.7. The Hall–Kier alpha value is -2.41. The van der Waals surface area contributed by atoms with Gasteiger partial charge < -0.3 is 18.9 Å². The summed E-state index contributed by atoms with van der Waals surface area (Å²) in [5, 5.41) is 0. The lowest BCUT2D eigenvalue weighted by molar-refractivity contribution is -0.135. The fraction of sp³-hybridized carbons (Fsp3) is 0.400. The molecular weight excluding hydrogens is 284 g/mol. The zero-order valence-electron chi connectivity index (χ0n) is 12.4. The van der Waals surface area contributed by atoms with E-state index in [2.05, 4.69) is 4.98 Å². The average molecular weight is 302 g/mol. The Labute approximate surface area is 128 Å². The lowest BCUT2D eigenvalue weighted by atomic mass is 10.2. The molecule has 1 fully saturated rings. The van der Waals surface area contributed by atoms with Crippen LogP contribution in [0.15, 0.2) is 30.6 Å². The van der Waals surface area contributed by atoms with Gasteiger partial charge in [0.2, 0.25) is 5.91 Å². The average Bonchev–Trinajstić information content (AvgIpc) is 2.97. The van der Waals surface area contributed by atoms with E-state index in [1.165, 1.54) is 0 Å². The molecule has 1 saturated heterocycles. The topological polar surface area (TPSA) is 67.2 Å². The second kappa shape index (κ2) is 6.15. The van der Waals surface area contributed by atoms with Gasteiger partial charge in [0, 0.05) is 39.1 Å². The van der Waals surface area contributed by atoms with Crippen molar-refractivity contribution in [3.8, 4) is 0 Å². The highest BCUT2D eigenvalue weighted by Crippen LogP contribution is 2.10. The molecule has 0 atom stereocenters. The van der Waals surface area contributed by atoms with Gasteiger partial charge in [-0.05, 0) is 12.1 Å². The molecule has 1 aliphatic heterocycles. The van der Waals surface area contributed by atoms with Crippen molar-refractivity contribution in [3.05, 3.63) is 36.3 Å². The summed E-state index contributed by atoms with van der Waals surface area (Å²) >= 11 is 0. The summed E-state index contributed by atoms with van der Waals surface area (Å²) in [6.07, 6.45) is 3.53. The van der Waals surface area contributed by atoms with Gasteiger partial charge in [0.1, 0.15) is 17.9 Å². The van der Waals surface area contributed by atoms with Crippen LogP contribution in [0.3, 0.4) is 0 Å². The highest BCUT2D eigenvalue weighted by Gasteiger charge is 2.28. The van der Waals surface area contributed by atoms with E-state index in [0.717, 1.165) is 5.65 Å². The number of imidazole rings is 1. The summed E-state index contributed by atoms with van der Waals surface area (Å²) in [7, 11) is 1.60. The number of fused-ring (bicyclic) bond motifs is 1. The Morgan fingerprint density at radius 1 is 1.36 bits per heavy atom. The predicted molar refractivity (Wildman–Crippen MR) is 79.6 cm³/mol. The SMILES string of the molecule is COCCN1CCN(C(=O)c2cn3ccccc3n2)CC1=O. The summed E-state index contributed by atoms with van der Waals surface area (Å²) in [5.74, 6) is -0.260. The van der Waals surface area contributed by atoms with Crippen molar-refractivity contribution in [1.82, 2.24) is 19.2 Å². The second-order valence-electron chi connectivity index (χ2n) is 5.19. The summed E-state index contributed by atoms with van der Waals surface area (Å²) in [6.45, 7) is 2.21. The van der Waals surface area contributed by atoms with Crippen LogP contribution in [0.5, 0.6) is 0 Å². The van der Waals surface area contributed by atoms with Gasteiger partial charge >= 0.3 is 0 Å². The van der Waals surface area contributed by atoms with E-state index in [1.54, 1.807) is 27.5 Å². The monoisotopic (exact) mass is 302 g/mol. The molecule has 0 unspecified atom stereocenters. The Balaban J connectivity index is 1.69. The molecule has 3 heterocycles. The number of piperazine rings is 1. The molecule has 1 aliphatic rings. The van der Waals surface area contributed by atoms with Gasteiger partial charge in [0.05, 0.1) is 6.61 Å². The Bertz CT molecular complexity index is 664. The number of carbonyl (C=O) groups excluding carboxylic acids is 2. The molecule has 116 valence electrons. The van der Waals surface area contributed by atoms with Gasteiger partial charge in [-0.3, -0.25) is 9.59 Å². The van der Waals surface area contributed by atoms with E-state index < -0.39 is 0 Å². The third-order valence-corrected chi connectivity index (χ3v) is 3.75. The quantitative estimate of drug-likeness (QED) is 0.813. The van der Waals surface area contributed by atoms with Crippen molar-refractivity contribution in [3.63, 3.8) is 0 Å². The van der Waals surface area contributed by atoms with Crippen LogP contribution in [0.25, 0.3) is 5.65 Å². The fourth-order valence-corrected chi connectivity index (χ4v) is 2.52. The molecule has 0 radical (unpaired) electrons. The summed E-state index contributed by atoms with van der Waals surface area (Å²) in [5.41, 5.74) is 1.08. The maximum absolute atomic E-state index is 12.5. The van der Waals surface area contributed by atoms with Crippen LogP contribution in [-0.2, 0) is 9.53 Å². The molecule has 7 nitrogen and oxygen atoms in total. The van der Waals surface area contributed by atoms with Crippen LogP contribution in [0.2, 0.25) is 0 Å². The predicted octanol–water partition coefficient (Wildman–Crippen LogP) is 0.265. The van der Waals surface area contributed by atoms with Crippen molar-refractivity contribution in [2.45, 2.75) is 0 Å². The summed E-state index contributed by atoms with van der Waals surface area (Å²) in [4.78, 5) is 32.1. The lowest BCUT2D eigenvalue weighted by Crippen LogP contribution is -2.52. The lowest BCUT2D eigenvalue weighted by Gasteiger charge is -2.33. The molecule has 0 saturated carbocycles. The molecule has 7 heteroatoms. The normalized spacial score (nSPS) is 15.6. The molecule has 2 amide bonds. The molecule has 0 aliphatic carbocycles. The van der Waals surface area contributed by atoms with Crippen molar-refractivity contribution in [2.75, 3.05) is 39.9 Å². The number of amides is 2. The van der Waals surface area contributed by atoms with Crippen LogP contribution >= 0.6 is 0 Å². The van der Waals surface area contributed by atoms with E-state index in [4.69, 9.17) is 4.74 Å². The zero-order valence-corrected chi connectivity index (χ0v) is 12.4. The molecule has 3 rings (SSSR count). The van der Waals surface area contributed by atoms with Crippen molar-refractivity contribution < 1.29 is 14.3 Å². The largest absolute Gasteiger partial charge is 0.383 e. The Kier molecular flexibility index (Phi) is 4.06. The van der Waals surface area contributed by atoms with Gasteiger partial charge in [0.25, 0.3) is 5.91 Å². The highest BCUT2D eigenvalue weighted by molar-refractivity contribution is 5.96. The minimum absolute atomic E-state index is 0.0552. The van der Waals surface area contributed by atoms with Crippen LogP contribution in [0.4, 0.5) is 0 Å². The molecule has 2 aromatic heterocycles. The van der Waals surface area contributed by atoms with E-state index in [9.17, 15) is 9.59 Å². The van der Waals surface area contributed by atoms with Crippen molar-refractivity contribution >= 4 is 17.5 Å². The minimum Gasteiger partial charge on any atom is -0.383 e. The van der Waals surface area contributed by atoms with Gasteiger partial charge in [-0.15, -0.1) is 0 Å². The zero-order chi connectivity index (χ0) is 15.5. The number of pyridine rings is 1. The van der Waals surface area contributed by atoms with Gasteiger partial charge in [-0.2, -0.15) is 0 Å². The van der Waals surface area contributed by atoms with Gasteiger partial charge in [-0.1, -0.05) is 6.07 Å².